The Morgan fingerprint density at radius 1 is 1.17 bits per heavy atom. The van der Waals surface area contributed by atoms with Gasteiger partial charge in [-0.05, 0) is 0 Å². The third-order valence-corrected chi connectivity index (χ3v) is 2.77. The van der Waals surface area contributed by atoms with Gasteiger partial charge in [0.25, 0.3) is 0 Å². The second-order valence-electron chi connectivity index (χ2n) is 4.18. The molecular weight excluding hydrogens is 247 g/mol. The number of piperazine rings is 1. The third kappa shape index (κ3) is 3.46. The molecule has 2 N–H and O–H groups in total. The van der Waals surface area contributed by atoms with Crippen LogP contribution in [0.2, 0.25) is 0 Å². The fraction of sp³-hybridized carbons (Fsp3) is 0.600. The molecule has 18 heavy (non-hydrogen) atoms. The minimum absolute atomic E-state index is 0.359. The SMILES string of the molecule is Nc1cc(N2CCN(CC(F)(F)F)CC2)ncn1. The Morgan fingerprint density at radius 3 is 2.39 bits per heavy atom. The number of nitrogens with zero attached hydrogens (tertiary/aromatic N) is 4. The first kappa shape index (κ1) is 12.9. The largest absolute Gasteiger partial charge is 0.401 e. The molecule has 0 aliphatic carbocycles. The van der Waals surface area contributed by atoms with Crippen molar-refractivity contribution in [2.75, 3.05) is 43.4 Å². The molecule has 0 saturated carbocycles. The number of aromatic nitrogens is 2. The number of nitrogen functional groups attached to an aromatic ring is 1. The molecule has 1 aliphatic heterocycles. The Bertz CT molecular complexity index is 401. The monoisotopic (exact) mass is 261 g/mol. The van der Waals surface area contributed by atoms with Gasteiger partial charge in [-0.1, -0.05) is 0 Å². The van der Waals surface area contributed by atoms with Gasteiger partial charge < -0.3 is 10.6 Å². The van der Waals surface area contributed by atoms with Crippen LogP contribution in [0.3, 0.4) is 0 Å². The zero-order chi connectivity index (χ0) is 13.2. The van der Waals surface area contributed by atoms with Crippen LogP contribution in [0.4, 0.5) is 24.8 Å². The fourth-order valence-electron chi connectivity index (χ4n) is 1.92. The highest BCUT2D eigenvalue weighted by atomic mass is 19.4. The number of halogens is 3. The van der Waals surface area contributed by atoms with Crippen molar-refractivity contribution in [3.8, 4) is 0 Å². The molecule has 0 spiro atoms. The van der Waals surface area contributed by atoms with Crippen LogP contribution in [0.15, 0.2) is 12.4 Å². The van der Waals surface area contributed by atoms with E-state index in [0.717, 1.165) is 0 Å². The maximum absolute atomic E-state index is 12.2. The molecule has 0 aromatic carbocycles. The lowest BCUT2D eigenvalue weighted by Crippen LogP contribution is -2.49. The number of alkyl halides is 3. The molecule has 2 heterocycles. The summed E-state index contributed by atoms with van der Waals surface area (Å²) in [7, 11) is 0. The first-order valence-corrected chi connectivity index (χ1v) is 5.55. The van der Waals surface area contributed by atoms with Gasteiger partial charge >= 0.3 is 6.18 Å². The van der Waals surface area contributed by atoms with E-state index in [1.54, 1.807) is 6.07 Å². The van der Waals surface area contributed by atoms with Crippen molar-refractivity contribution in [2.24, 2.45) is 0 Å². The summed E-state index contributed by atoms with van der Waals surface area (Å²) in [6.07, 6.45) is -2.78. The molecule has 2 rings (SSSR count). The van der Waals surface area contributed by atoms with Crippen LogP contribution in [-0.4, -0.2) is 53.8 Å². The van der Waals surface area contributed by atoms with Crippen LogP contribution < -0.4 is 10.6 Å². The molecule has 0 unspecified atom stereocenters. The van der Waals surface area contributed by atoms with E-state index in [-0.39, 0.29) is 0 Å². The molecule has 0 amide bonds. The second kappa shape index (κ2) is 4.97. The summed E-state index contributed by atoms with van der Waals surface area (Å²) in [5, 5.41) is 0. The number of hydrogen-bond donors (Lipinski definition) is 1. The number of hydrogen-bond acceptors (Lipinski definition) is 5. The minimum Gasteiger partial charge on any atom is -0.384 e. The zero-order valence-corrected chi connectivity index (χ0v) is 9.69. The van der Waals surface area contributed by atoms with Crippen molar-refractivity contribution >= 4 is 11.6 Å². The van der Waals surface area contributed by atoms with Gasteiger partial charge in [-0.15, -0.1) is 0 Å². The van der Waals surface area contributed by atoms with E-state index in [1.807, 2.05) is 4.90 Å². The topological polar surface area (TPSA) is 58.3 Å². The summed E-state index contributed by atoms with van der Waals surface area (Å²) in [5.74, 6) is 1.02. The molecule has 5 nitrogen and oxygen atoms in total. The van der Waals surface area contributed by atoms with E-state index >= 15 is 0 Å². The molecule has 8 heteroatoms. The summed E-state index contributed by atoms with van der Waals surface area (Å²) < 4.78 is 36.7. The van der Waals surface area contributed by atoms with Crippen LogP contribution in [0.1, 0.15) is 0 Å². The Morgan fingerprint density at radius 2 is 1.83 bits per heavy atom. The van der Waals surface area contributed by atoms with E-state index in [4.69, 9.17) is 5.73 Å². The van der Waals surface area contributed by atoms with Crippen LogP contribution in [0.5, 0.6) is 0 Å². The maximum Gasteiger partial charge on any atom is 0.401 e. The van der Waals surface area contributed by atoms with Crippen LogP contribution in [0.25, 0.3) is 0 Å². The molecule has 100 valence electrons. The van der Waals surface area contributed by atoms with E-state index in [0.29, 0.717) is 37.8 Å². The summed E-state index contributed by atoms with van der Waals surface area (Å²) in [6, 6.07) is 1.62. The van der Waals surface area contributed by atoms with Gasteiger partial charge in [-0.3, -0.25) is 4.90 Å². The lowest BCUT2D eigenvalue weighted by molar-refractivity contribution is -0.146. The van der Waals surface area contributed by atoms with E-state index in [1.165, 1.54) is 11.2 Å². The van der Waals surface area contributed by atoms with E-state index < -0.39 is 12.7 Å². The van der Waals surface area contributed by atoms with Crippen molar-refractivity contribution < 1.29 is 13.2 Å². The summed E-state index contributed by atoms with van der Waals surface area (Å²) in [5.41, 5.74) is 5.54. The van der Waals surface area contributed by atoms with Gasteiger partial charge in [0.1, 0.15) is 18.0 Å². The molecule has 0 radical (unpaired) electrons. The summed E-state index contributed by atoms with van der Waals surface area (Å²) in [4.78, 5) is 11.1. The molecule has 0 bridgehead atoms. The molecule has 1 saturated heterocycles. The quantitative estimate of drug-likeness (QED) is 0.851. The Hall–Kier alpha value is -1.57. The van der Waals surface area contributed by atoms with Crippen molar-refractivity contribution in [3.63, 3.8) is 0 Å². The first-order valence-electron chi connectivity index (χ1n) is 5.55. The van der Waals surface area contributed by atoms with Gasteiger partial charge in [-0.25, -0.2) is 9.97 Å². The highest BCUT2D eigenvalue weighted by Gasteiger charge is 2.32. The Labute approximate surface area is 102 Å². The smallest absolute Gasteiger partial charge is 0.384 e. The fourth-order valence-corrected chi connectivity index (χ4v) is 1.92. The molecule has 1 fully saturated rings. The second-order valence-corrected chi connectivity index (χ2v) is 4.18. The van der Waals surface area contributed by atoms with Crippen molar-refractivity contribution in [3.05, 3.63) is 12.4 Å². The number of anilines is 2. The lowest BCUT2D eigenvalue weighted by Gasteiger charge is -2.35. The van der Waals surface area contributed by atoms with Crippen molar-refractivity contribution in [2.45, 2.75) is 6.18 Å². The Kier molecular flexibility index (Phi) is 3.55. The van der Waals surface area contributed by atoms with Gasteiger partial charge in [-0.2, -0.15) is 13.2 Å². The molecule has 1 aromatic rings. The van der Waals surface area contributed by atoms with Crippen molar-refractivity contribution in [1.29, 1.82) is 0 Å². The minimum atomic E-state index is -4.14. The predicted octanol–water partition coefficient (Wildman–Crippen LogP) is 0.743. The Balaban J connectivity index is 1.91. The van der Waals surface area contributed by atoms with Gasteiger partial charge in [0.05, 0.1) is 6.54 Å². The lowest BCUT2D eigenvalue weighted by atomic mass is 10.3. The highest BCUT2D eigenvalue weighted by Crippen LogP contribution is 2.19. The summed E-state index contributed by atoms with van der Waals surface area (Å²) >= 11 is 0. The first-order chi connectivity index (χ1) is 8.44. The molecule has 0 atom stereocenters. The number of rotatable bonds is 2. The summed E-state index contributed by atoms with van der Waals surface area (Å²) in [6.45, 7) is 0.888. The van der Waals surface area contributed by atoms with Gasteiger partial charge in [0.15, 0.2) is 0 Å². The average Bonchev–Trinajstić information content (AvgIpc) is 2.28. The molecule has 1 aliphatic rings. The zero-order valence-electron chi connectivity index (χ0n) is 9.69. The number of nitrogens with two attached hydrogens (primary N) is 1. The van der Waals surface area contributed by atoms with Crippen LogP contribution in [-0.2, 0) is 0 Å². The average molecular weight is 261 g/mol. The van der Waals surface area contributed by atoms with Crippen LogP contribution in [0, 0.1) is 0 Å². The molecule has 1 aromatic heterocycles. The predicted molar refractivity (Wildman–Crippen MR) is 61.2 cm³/mol. The highest BCUT2D eigenvalue weighted by molar-refractivity contribution is 5.46. The van der Waals surface area contributed by atoms with Crippen molar-refractivity contribution in [1.82, 2.24) is 14.9 Å². The normalized spacial score (nSPS) is 18.1. The van der Waals surface area contributed by atoms with Gasteiger partial charge in [0, 0.05) is 32.2 Å². The van der Waals surface area contributed by atoms with E-state index in [2.05, 4.69) is 9.97 Å². The standard InChI is InChI=1S/C10H14F3N5/c11-10(12,13)6-17-1-3-18(4-2-17)9-5-8(14)15-7-16-9/h5,7H,1-4,6H2,(H2,14,15,16). The maximum atomic E-state index is 12.2. The van der Waals surface area contributed by atoms with Gasteiger partial charge in [0.2, 0.25) is 0 Å². The van der Waals surface area contributed by atoms with E-state index in [9.17, 15) is 13.2 Å². The third-order valence-electron chi connectivity index (χ3n) is 2.77. The van der Waals surface area contributed by atoms with Crippen LogP contribution >= 0.6 is 0 Å². The molecular formula is C10H14F3N5.